The summed E-state index contributed by atoms with van der Waals surface area (Å²) in [4.78, 5) is 18.6. The topological polar surface area (TPSA) is 59.2 Å². The fraction of sp³-hybridized carbons (Fsp3) is 0.105. The third-order valence-electron chi connectivity index (χ3n) is 3.93. The number of halogens is 1. The number of fused-ring (bicyclic) bond motifs is 1. The Labute approximate surface area is 152 Å². The monoisotopic (exact) mass is 367 g/mol. The lowest BCUT2D eigenvalue weighted by Crippen LogP contribution is -2.26. The number of thiazole rings is 1. The van der Waals surface area contributed by atoms with Gasteiger partial charge in [-0.15, -0.1) is 11.3 Å². The number of aromatic nitrogens is 2. The van der Waals surface area contributed by atoms with E-state index in [1.54, 1.807) is 36.6 Å². The van der Waals surface area contributed by atoms with Gasteiger partial charge in [-0.2, -0.15) is 0 Å². The summed E-state index contributed by atoms with van der Waals surface area (Å²) in [6, 6.07) is 15.5. The van der Waals surface area contributed by atoms with Gasteiger partial charge in [0.2, 0.25) is 0 Å². The number of para-hydroxylation sites is 1. The molecule has 0 N–H and O–H groups in total. The van der Waals surface area contributed by atoms with Crippen LogP contribution in [0.3, 0.4) is 0 Å². The van der Waals surface area contributed by atoms with Crippen LogP contribution in [0.25, 0.3) is 21.5 Å². The molecule has 2 aromatic heterocycles. The molecule has 0 radical (unpaired) electrons. The Hall–Kier alpha value is -3.06. The van der Waals surface area contributed by atoms with Gasteiger partial charge in [0, 0.05) is 13.1 Å². The van der Waals surface area contributed by atoms with E-state index in [0.717, 1.165) is 15.2 Å². The third kappa shape index (κ3) is 3.09. The lowest BCUT2D eigenvalue weighted by atomic mass is 10.1. The van der Waals surface area contributed by atoms with E-state index in [-0.39, 0.29) is 22.9 Å². The van der Waals surface area contributed by atoms with E-state index < -0.39 is 5.82 Å². The Balaban J connectivity index is 1.53. The van der Waals surface area contributed by atoms with Gasteiger partial charge in [0.05, 0.1) is 22.3 Å². The third-order valence-corrected chi connectivity index (χ3v) is 4.95. The summed E-state index contributed by atoms with van der Waals surface area (Å²) in [6.45, 7) is 0.361. The van der Waals surface area contributed by atoms with E-state index in [1.807, 2.05) is 24.3 Å². The summed E-state index contributed by atoms with van der Waals surface area (Å²) in [5.74, 6) is -0.513. The van der Waals surface area contributed by atoms with Crippen molar-refractivity contribution in [3.8, 4) is 11.3 Å². The predicted octanol–water partition coefficient (Wildman–Crippen LogP) is 4.36. The first-order valence-electron chi connectivity index (χ1n) is 7.93. The first-order chi connectivity index (χ1) is 12.6. The van der Waals surface area contributed by atoms with Crippen LogP contribution in [0.4, 0.5) is 4.39 Å². The van der Waals surface area contributed by atoms with E-state index in [2.05, 4.69) is 10.1 Å². The number of amides is 1. The lowest BCUT2D eigenvalue weighted by molar-refractivity contribution is 0.0775. The molecule has 0 saturated carbocycles. The minimum Gasteiger partial charge on any atom is -0.355 e. The molecule has 0 aliphatic rings. The minimum atomic E-state index is -0.425. The molecule has 26 heavy (non-hydrogen) atoms. The van der Waals surface area contributed by atoms with E-state index in [9.17, 15) is 9.18 Å². The summed E-state index contributed by atoms with van der Waals surface area (Å²) in [5, 5.41) is 4.62. The normalized spacial score (nSPS) is 11.0. The van der Waals surface area contributed by atoms with Crippen LogP contribution in [0, 0.1) is 5.82 Å². The maximum Gasteiger partial charge on any atom is 0.276 e. The number of carbonyl (C=O) groups excluding carboxylic acids is 1. The smallest absolute Gasteiger partial charge is 0.276 e. The molecule has 1 amide bonds. The maximum absolute atomic E-state index is 13.8. The second kappa shape index (κ2) is 6.68. The fourth-order valence-corrected chi connectivity index (χ4v) is 3.64. The van der Waals surface area contributed by atoms with Crippen molar-refractivity contribution in [2.45, 2.75) is 6.54 Å². The number of carbonyl (C=O) groups is 1. The molecule has 7 heteroatoms. The highest BCUT2D eigenvalue weighted by molar-refractivity contribution is 7.18. The van der Waals surface area contributed by atoms with Crippen LogP contribution >= 0.6 is 11.3 Å². The molecule has 2 aromatic carbocycles. The molecule has 4 aromatic rings. The number of hydrogen-bond donors (Lipinski definition) is 0. The lowest BCUT2D eigenvalue weighted by Gasteiger charge is -2.13. The van der Waals surface area contributed by atoms with Crippen molar-refractivity contribution in [1.82, 2.24) is 15.0 Å². The Kier molecular flexibility index (Phi) is 4.22. The Morgan fingerprint density at radius 1 is 1.19 bits per heavy atom. The van der Waals surface area contributed by atoms with Gasteiger partial charge in [-0.25, -0.2) is 9.37 Å². The van der Waals surface area contributed by atoms with Gasteiger partial charge in [-0.3, -0.25) is 4.79 Å². The van der Waals surface area contributed by atoms with Crippen LogP contribution in [0.1, 0.15) is 15.5 Å². The van der Waals surface area contributed by atoms with Crippen molar-refractivity contribution in [2.75, 3.05) is 7.05 Å². The molecule has 0 unspecified atom stereocenters. The molecule has 130 valence electrons. The van der Waals surface area contributed by atoms with Gasteiger partial charge in [-0.05, 0) is 24.3 Å². The van der Waals surface area contributed by atoms with Crippen molar-refractivity contribution < 1.29 is 13.7 Å². The number of benzene rings is 2. The zero-order chi connectivity index (χ0) is 18.1. The standard InChI is InChI=1S/C19H14FN3O2S/c1-23(11-18-21-14-8-4-5-9-17(14)26-18)19(24)15-10-16(25-22-15)12-6-2-3-7-13(12)20/h2-10H,11H2,1H3. The van der Waals surface area contributed by atoms with Crippen molar-refractivity contribution in [3.05, 3.63) is 71.1 Å². The highest BCUT2D eigenvalue weighted by Crippen LogP contribution is 2.25. The highest BCUT2D eigenvalue weighted by atomic mass is 32.1. The number of hydrogen-bond acceptors (Lipinski definition) is 5. The number of nitrogens with zero attached hydrogens (tertiary/aromatic N) is 3. The van der Waals surface area contributed by atoms with Gasteiger partial charge in [-0.1, -0.05) is 29.4 Å². The second-order valence-electron chi connectivity index (χ2n) is 5.79. The summed E-state index contributed by atoms with van der Waals surface area (Å²) in [5.41, 5.74) is 1.32. The molecule has 0 atom stereocenters. The molecular weight excluding hydrogens is 353 g/mol. The summed E-state index contributed by atoms with van der Waals surface area (Å²) in [6.07, 6.45) is 0. The Morgan fingerprint density at radius 3 is 2.77 bits per heavy atom. The molecule has 0 fully saturated rings. The van der Waals surface area contributed by atoms with Crippen LogP contribution < -0.4 is 0 Å². The van der Waals surface area contributed by atoms with Gasteiger partial charge >= 0.3 is 0 Å². The molecule has 0 bridgehead atoms. The van der Waals surface area contributed by atoms with E-state index in [0.29, 0.717) is 6.54 Å². The first-order valence-corrected chi connectivity index (χ1v) is 8.75. The van der Waals surface area contributed by atoms with Crippen molar-refractivity contribution in [1.29, 1.82) is 0 Å². The van der Waals surface area contributed by atoms with Gasteiger partial charge in [0.25, 0.3) is 5.91 Å². The van der Waals surface area contributed by atoms with E-state index in [1.165, 1.54) is 17.0 Å². The van der Waals surface area contributed by atoms with Crippen molar-refractivity contribution in [2.24, 2.45) is 0 Å². The van der Waals surface area contributed by atoms with E-state index >= 15 is 0 Å². The zero-order valence-corrected chi connectivity index (χ0v) is 14.7. The molecule has 0 spiro atoms. The number of rotatable bonds is 4. The summed E-state index contributed by atoms with van der Waals surface area (Å²) >= 11 is 1.54. The van der Waals surface area contributed by atoms with Crippen LogP contribution in [0.15, 0.2) is 59.1 Å². The van der Waals surface area contributed by atoms with Crippen molar-refractivity contribution in [3.63, 3.8) is 0 Å². The Bertz CT molecular complexity index is 1060. The summed E-state index contributed by atoms with van der Waals surface area (Å²) in [7, 11) is 1.67. The van der Waals surface area contributed by atoms with Crippen LogP contribution in [-0.4, -0.2) is 28.0 Å². The molecule has 0 aliphatic carbocycles. The molecule has 2 heterocycles. The SMILES string of the molecule is CN(Cc1nc2ccccc2s1)C(=O)c1cc(-c2ccccc2F)on1. The first kappa shape index (κ1) is 16.4. The summed E-state index contributed by atoms with van der Waals surface area (Å²) < 4.78 is 20.1. The molecule has 0 saturated heterocycles. The quantitative estimate of drug-likeness (QED) is 0.538. The molecule has 5 nitrogen and oxygen atoms in total. The largest absolute Gasteiger partial charge is 0.355 e. The Morgan fingerprint density at radius 2 is 1.96 bits per heavy atom. The zero-order valence-electron chi connectivity index (χ0n) is 13.8. The molecule has 0 aliphatic heterocycles. The average Bonchev–Trinajstić information content (AvgIpc) is 3.28. The fourth-order valence-electron chi connectivity index (χ4n) is 2.62. The predicted molar refractivity (Wildman–Crippen MR) is 97.3 cm³/mol. The van der Waals surface area contributed by atoms with Crippen molar-refractivity contribution >= 4 is 27.5 Å². The second-order valence-corrected chi connectivity index (χ2v) is 6.91. The highest BCUT2D eigenvalue weighted by Gasteiger charge is 2.20. The van der Waals surface area contributed by atoms with Crippen LogP contribution in [0.2, 0.25) is 0 Å². The molecule has 4 rings (SSSR count). The van der Waals surface area contributed by atoms with Crippen LogP contribution in [0.5, 0.6) is 0 Å². The van der Waals surface area contributed by atoms with Gasteiger partial charge < -0.3 is 9.42 Å². The molecular formula is C19H14FN3O2S. The van der Waals surface area contributed by atoms with Crippen LogP contribution in [-0.2, 0) is 6.54 Å². The average molecular weight is 367 g/mol. The van der Waals surface area contributed by atoms with E-state index in [4.69, 9.17) is 4.52 Å². The van der Waals surface area contributed by atoms with Gasteiger partial charge in [0.15, 0.2) is 11.5 Å². The minimum absolute atomic E-state index is 0.131. The maximum atomic E-state index is 13.8. The van der Waals surface area contributed by atoms with Gasteiger partial charge in [0.1, 0.15) is 10.8 Å².